The number of nitro benzene ring substituents is 1. The summed E-state index contributed by atoms with van der Waals surface area (Å²) in [4.78, 5) is 22.1. The summed E-state index contributed by atoms with van der Waals surface area (Å²) in [7, 11) is 0. The van der Waals surface area contributed by atoms with Crippen molar-refractivity contribution in [1.29, 1.82) is 0 Å². The van der Waals surface area contributed by atoms with Crippen LogP contribution in [0.1, 0.15) is 15.9 Å². The van der Waals surface area contributed by atoms with E-state index in [4.69, 9.17) is 0 Å². The molecule has 0 aliphatic heterocycles. The van der Waals surface area contributed by atoms with Gasteiger partial charge < -0.3 is 5.11 Å². The van der Waals surface area contributed by atoms with E-state index < -0.39 is 10.8 Å². The summed E-state index contributed by atoms with van der Waals surface area (Å²) < 4.78 is 0.743. The van der Waals surface area contributed by atoms with Gasteiger partial charge in [-0.25, -0.2) is 5.43 Å². The lowest BCUT2D eigenvalue weighted by atomic mass is 10.2. The highest BCUT2D eigenvalue weighted by atomic mass is 79.9. The van der Waals surface area contributed by atoms with Crippen molar-refractivity contribution in [3.05, 3.63) is 68.2 Å². The lowest BCUT2D eigenvalue weighted by Gasteiger charge is -2.01. The number of rotatable bonds is 4. The molecule has 0 saturated carbocycles. The number of nitrogens with zero attached hydrogens (tertiary/aromatic N) is 2. The molecule has 0 spiro atoms. The van der Waals surface area contributed by atoms with Crippen LogP contribution >= 0.6 is 15.9 Å². The van der Waals surface area contributed by atoms with Crippen molar-refractivity contribution in [2.24, 2.45) is 5.10 Å². The van der Waals surface area contributed by atoms with Gasteiger partial charge in [0.2, 0.25) is 0 Å². The number of hydrogen-bond donors (Lipinski definition) is 2. The minimum atomic E-state index is -0.600. The van der Waals surface area contributed by atoms with Crippen molar-refractivity contribution in [3.63, 3.8) is 0 Å². The van der Waals surface area contributed by atoms with E-state index in [2.05, 4.69) is 26.5 Å². The minimum Gasteiger partial charge on any atom is -0.508 e. The largest absolute Gasteiger partial charge is 0.508 e. The van der Waals surface area contributed by atoms with Crippen LogP contribution in [0.2, 0.25) is 0 Å². The van der Waals surface area contributed by atoms with Crippen molar-refractivity contribution in [1.82, 2.24) is 5.43 Å². The van der Waals surface area contributed by atoms with E-state index in [1.165, 1.54) is 12.1 Å². The van der Waals surface area contributed by atoms with E-state index in [9.17, 15) is 20.0 Å². The number of nitro groups is 1. The zero-order valence-electron chi connectivity index (χ0n) is 11.1. The molecule has 8 heteroatoms. The van der Waals surface area contributed by atoms with Gasteiger partial charge in [-0.1, -0.05) is 22.0 Å². The first-order chi connectivity index (χ1) is 10.5. The molecule has 1 amide bonds. The van der Waals surface area contributed by atoms with E-state index in [1.807, 2.05) is 0 Å². The molecule has 2 aromatic rings. The Morgan fingerprint density at radius 1 is 1.32 bits per heavy atom. The zero-order valence-corrected chi connectivity index (χ0v) is 12.6. The number of carbonyl (C=O) groups is 1. The van der Waals surface area contributed by atoms with Gasteiger partial charge in [0.25, 0.3) is 11.6 Å². The van der Waals surface area contributed by atoms with Crippen LogP contribution in [0.15, 0.2) is 52.0 Å². The summed E-state index contributed by atoms with van der Waals surface area (Å²) in [6.07, 6.45) is 1.10. The maximum absolute atomic E-state index is 11.8. The van der Waals surface area contributed by atoms with E-state index in [0.717, 1.165) is 16.8 Å². The molecule has 0 unspecified atom stereocenters. The molecule has 0 fully saturated rings. The van der Waals surface area contributed by atoms with E-state index in [1.54, 1.807) is 24.3 Å². The quantitative estimate of drug-likeness (QED) is 0.494. The summed E-state index contributed by atoms with van der Waals surface area (Å²) in [5.74, 6) is -0.592. The molecule has 0 atom stereocenters. The minimum absolute atomic E-state index is 0.0829. The molecule has 0 aliphatic carbocycles. The van der Waals surface area contributed by atoms with Crippen molar-refractivity contribution in [2.45, 2.75) is 0 Å². The molecule has 112 valence electrons. The Labute approximate surface area is 133 Å². The highest BCUT2D eigenvalue weighted by Gasteiger charge is 2.12. The Kier molecular flexibility index (Phi) is 4.84. The smallest absolute Gasteiger partial charge is 0.278 e. The summed E-state index contributed by atoms with van der Waals surface area (Å²) in [5, 5.41) is 23.9. The fourth-order valence-corrected chi connectivity index (χ4v) is 2.07. The van der Waals surface area contributed by atoms with Crippen LogP contribution in [-0.2, 0) is 0 Å². The molecule has 7 nitrogen and oxygen atoms in total. The second-order valence-corrected chi connectivity index (χ2v) is 5.13. The molecule has 0 aromatic heterocycles. The van der Waals surface area contributed by atoms with Crippen LogP contribution in [-0.4, -0.2) is 22.2 Å². The second-order valence-electron chi connectivity index (χ2n) is 4.21. The fourth-order valence-electron chi connectivity index (χ4n) is 1.67. The first-order valence-electron chi connectivity index (χ1n) is 6.04. The Morgan fingerprint density at radius 3 is 2.77 bits per heavy atom. The molecule has 22 heavy (non-hydrogen) atoms. The third kappa shape index (κ3) is 3.89. The van der Waals surface area contributed by atoms with Gasteiger partial charge in [0, 0.05) is 16.1 Å². The number of halogens is 1. The summed E-state index contributed by atoms with van der Waals surface area (Å²) >= 11 is 3.25. The predicted molar refractivity (Wildman–Crippen MR) is 84.0 cm³/mol. The number of phenolic OH excluding ortho intramolecular Hbond substituents is 1. The van der Waals surface area contributed by atoms with Gasteiger partial charge in [0.15, 0.2) is 0 Å². The Balaban J connectivity index is 2.14. The molecule has 2 aromatic carbocycles. The van der Waals surface area contributed by atoms with Gasteiger partial charge >= 0.3 is 0 Å². The number of hydrogen-bond acceptors (Lipinski definition) is 5. The topological polar surface area (TPSA) is 105 Å². The van der Waals surface area contributed by atoms with Gasteiger partial charge in [-0.15, -0.1) is 0 Å². The third-order valence-corrected chi connectivity index (χ3v) is 3.16. The zero-order chi connectivity index (χ0) is 16.1. The molecule has 0 saturated heterocycles. The normalized spacial score (nSPS) is 10.6. The average Bonchev–Trinajstić information content (AvgIpc) is 2.47. The van der Waals surface area contributed by atoms with Crippen LogP contribution in [0.5, 0.6) is 5.75 Å². The number of carbonyl (C=O) groups excluding carboxylic acids is 1. The maximum Gasteiger partial charge on any atom is 0.278 e. The fraction of sp³-hybridized carbons (Fsp3) is 0. The van der Waals surface area contributed by atoms with Crippen molar-refractivity contribution < 1.29 is 14.8 Å². The Morgan fingerprint density at radius 2 is 2.09 bits per heavy atom. The summed E-state index contributed by atoms with van der Waals surface area (Å²) in [5.41, 5.74) is 2.51. The number of hydrazone groups is 1. The number of phenols is 1. The van der Waals surface area contributed by atoms with Gasteiger partial charge in [0.1, 0.15) is 5.75 Å². The Hall–Kier alpha value is -2.74. The highest BCUT2D eigenvalue weighted by Crippen LogP contribution is 2.21. The molecular formula is C14H10BrN3O4. The first-order valence-corrected chi connectivity index (χ1v) is 6.83. The van der Waals surface area contributed by atoms with Gasteiger partial charge in [0.05, 0.1) is 16.7 Å². The van der Waals surface area contributed by atoms with Crippen molar-refractivity contribution >= 4 is 33.7 Å². The molecule has 2 rings (SSSR count). The van der Waals surface area contributed by atoms with Crippen LogP contribution in [0.25, 0.3) is 0 Å². The number of nitrogens with one attached hydrogen (secondary N) is 1. The number of benzene rings is 2. The van der Waals surface area contributed by atoms with Crippen LogP contribution in [0, 0.1) is 10.1 Å². The lowest BCUT2D eigenvalue weighted by Crippen LogP contribution is -2.17. The molecule has 0 radical (unpaired) electrons. The predicted octanol–water partition coefficient (Wildman–Crippen LogP) is 2.83. The third-order valence-electron chi connectivity index (χ3n) is 2.66. The SMILES string of the molecule is O=C(N/N=C\c1cc(O)ccc1[N+](=O)[O-])c1cccc(Br)c1. The van der Waals surface area contributed by atoms with Gasteiger partial charge in [-0.05, 0) is 30.3 Å². The van der Waals surface area contributed by atoms with Crippen molar-refractivity contribution in [3.8, 4) is 5.75 Å². The lowest BCUT2D eigenvalue weighted by molar-refractivity contribution is -0.385. The average molecular weight is 364 g/mol. The van der Waals surface area contributed by atoms with Crippen molar-refractivity contribution in [2.75, 3.05) is 0 Å². The Bertz CT molecular complexity index is 762. The van der Waals surface area contributed by atoms with Crippen LogP contribution < -0.4 is 5.43 Å². The standard InChI is InChI=1S/C14H10BrN3O4/c15-11-3-1-2-9(6-11)14(20)17-16-8-10-7-12(19)4-5-13(10)18(21)22/h1-8,19H,(H,17,20)/b16-8-. The summed E-state index contributed by atoms with van der Waals surface area (Å²) in [6, 6.07) is 10.2. The van der Waals surface area contributed by atoms with E-state index in [-0.39, 0.29) is 17.0 Å². The summed E-state index contributed by atoms with van der Waals surface area (Å²) in [6.45, 7) is 0. The highest BCUT2D eigenvalue weighted by molar-refractivity contribution is 9.10. The maximum atomic E-state index is 11.8. The molecule has 0 bridgehead atoms. The molecule has 0 aliphatic rings. The van der Waals surface area contributed by atoms with Crippen LogP contribution in [0.3, 0.4) is 0 Å². The molecule has 0 heterocycles. The molecule has 2 N–H and O–H groups in total. The van der Waals surface area contributed by atoms with Gasteiger partial charge in [-0.2, -0.15) is 5.10 Å². The van der Waals surface area contributed by atoms with E-state index >= 15 is 0 Å². The second kappa shape index (κ2) is 6.81. The molecular weight excluding hydrogens is 354 g/mol. The van der Waals surface area contributed by atoms with Gasteiger partial charge in [-0.3, -0.25) is 14.9 Å². The monoisotopic (exact) mass is 363 g/mol. The van der Waals surface area contributed by atoms with E-state index in [0.29, 0.717) is 5.56 Å². The number of aromatic hydroxyl groups is 1. The van der Waals surface area contributed by atoms with Crippen LogP contribution in [0.4, 0.5) is 5.69 Å². The number of amides is 1. The first kappa shape index (κ1) is 15.6.